The van der Waals surface area contributed by atoms with Crippen molar-refractivity contribution >= 4 is 11.7 Å². The van der Waals surface area contributed by atoms with Gasteiger partial charge >= 0.3 is 0 Å². The second kappa shape index (κ2) is 10.5. The fourth-order valence-corrected chi connectivity index (χ4v) is 4.07. The summed E-state index contributed by atoms with van der Waals surface area (Å²) in [5.41, 5.74) is 1.11. The first-order valence-electron chi connectivity index (χ1n) is 10.7. The molecule has 6 nitrogen and oxygen atoms in total. The Kier molecular flexibility index (Phi) is 8.31. The lowest BCUT2D eigenvalue weighted by Crippen LogP contribution is -2.54. The molecule has 0 fully saturated rings. The third kappa shape index (κ3) is 5.30. The molecule has 2 atom stereocenters. The van der Waals surface area contributed by atoms with Crippen molar-refractivity contribution in [2.24, 2.45) is 5.92 Å². The van der Waals surface area contributed by atoms with Gasteiger partial charge in [-0.1, -0.05) is 25.8 Å². The van der Waals surface area contributed by atoms with Crippen LogP contribution in [-0.2, 0) is 14.3 Å². The Morgan fingerprint density at radius 2 is 1.84 bits per heavy atom. The maximum absolute atomic E-state index is 13.7. The third-order valence-corrected chi connectivity index (χ3v) is 6.06. The van der Waals surface area contributed by atoms with Crippen molar-refractivity contribution in [2.75, 3.05) is 21.3 Å². The van der Waals surface area contributed by atoms with Gasteiger partial charge in [0.25, 0.3) is 5.91 Å². The number of amides is 1. The Hall–Kier alpha value is -2.76. The number of carbonyl (C=O) groups is 2. The first kappa shape index (κ1) is 24.5. The molecule has 0 aliphatic heterocycles. The Labute approximate surface area is 185 Å². The number of unbranched alkanes of at least 4 members (excludes halogenated alkanes) is 1. The zero-order valence-electron chi connectivity index (χ0n) is 19.8. The summed E-state index contributed by atoms with van der Waals surface area (Å²) in [6, 6.07) is 5.34. The molecule has 0 spiro atoms. The smallest absolute Gasteiger partial charge is 0.252 e. The molecule has 0 saturated heterocycles. The summed E-state index contributed by atoms with van der Waals surface area (Å²) in [6.45, 7) is 7.64. The van der Waals surface area contributed by atoms with Crippen LogP contribution in [0.25, 0.3) is 0 Å². The minimum absolute atomic E-state index is 0.0496. The van der Waals surface area contributed by atoms with Gasteiger partial charge in [0, 0.05) is 29.0 Å². The van der Waals surface area contributed by atoms with Gasteiger partial charge in [-0.15, -0.1) is 0 Å². The number of benzene rings is 1. The van der Waals surface area contributed by atoms with E-state index in [1.165, 1.54) is 0 Å². The van der Waals surface area contributed by atoms with E-state index in [0.717, 1.165) is 29.7 Å². The molecule has 0 heterocycles. The van der Waals surface area contributed by atoms with Gasteiger partial charge in [0.2, 0.25) is 0 Å². The van der Waals surface area contributed by atoms with Crippen LogP contribution in [0.15, 0.2) is 41.4 Å². The van der Waals surface area contributed by atoms with Crippen molar-refractivity contribution in [3.8, 4) is 5.75 Å². The highest BCUT2D eigenvalue weighted by atomic mass is 16.5. The quantitative estimate of drug-likeness (QED) is 0.582. The topological polar surface area (TPSA) is 73.9 Å². The number of nitrogens with one attached hydrogen (secondary N) is 1. The maximum atomic E-state index is 13.7. The summed E-state index contributed by atoms with van der Waals surface area (Å²) >= 11 is 0. The minimum Gasteiger partial charge on any atom is -0.501 e. The molecule has 170 valence electrons. The normalized spacial score (nSPS) is 18.0. The van der Waals surface area contributed by atoms with E-state index < -0.39 is 11.5 Å². The van der Waals surface area contributed by atoms with Crippen molar-refractivity contribution in [1.29, 1.82) is 0 Å². The molecule has 0 aromatic heterocycles. The molecule has 6 heteroatoms. The Morgan fingerprint density at radius 1 is 1.13 bits per heavy atom. The fourth-order valence-electron chi connectivity index (χ4n) is 4.07. The summed E-state index contributed by atoms with van der Waals surface area (Å²) in [5.74, 6) is 1.22. The number of rotatable bonds is 10. The van der Waals surface area contributed by atoms with E-state index >= 15 is 0 Å². The molecular formula is C25H35NO5. The maximum Gasteiger partial charge on any atom is 0.252 e. The molecule has 1 aliphatic rings. The molecule has 2 rings (SSSR count). The highest BCUT2D eigenvalue weighted by Gasteiger charge is 2.40. The third-order valence-electron chi connectivity index (χ3n) is 6.06. The van der Waals surface area contributed by atoms with Gasteiger partial charge in [0.1, 0.15) is 17.3 Å². The fraction of sp³-hybridized carbons (Fsp3) is 0.520. The van der Waals surface area contributed by atoms with Gasteiger partial charge in [-0.05, 0) is 45.4 Å². The highest BCUT2D eigenvalue weighted by molar-refractivity contribution is 6.02. The lowest BCUT2D eigenvalue weighted by Gasteiger charge is -2.34. The van der Waals surface area contributed by atoms with Crippen LogP contribution in [0.2, 0.25) is 0 Å². The molecule has 1 aliphatic carbocycles. The van der Waals surface area contributed by atoms with Crippen LogP contribution in [-0.4, -0.2) is 38.6 Å². The van der Waals surface area contributed by atoms with Crippen LogP contribution >= 0.6 is 0 Å². The van der Waals surface area contributed by atoms with Gasteiger partial charge in [-0.25, -0.2) is 0 Å². The van der Waals surface area contributed by atoms with Crippen molar-refractivity contribution in [3.63, 3.8) is 0 Å². The van der Waals surface area contributed by atoms with E-state index in [-0.39, 0.29) is 11.7 Å². The van der Waals surface area contributed by atoms with E-state index in [2.05, 4.69) is 12.2 Å². The number of hydrogen-bond donors (Lipinski definition) is 1. The zero-order chi connectivity index (χ0) is 23.2. The molecule has 1 aromatic carbocycles. The van der Waals surface area contributed by atoms with Gasteiger partial charge in [-0.2, -0.15) is 0 Å². The number of carbonyl (C=O) groups excluding carboxylic acids is 2. The highest BCUT2D eigenvalue weighted by Crippen LogP contribution is 2.33. The van der Waals surface area contributed by atoms with Crippen LogP contribution in [0.3, 0.4) is 0 Å². The van der Waals surface area contributed by atoms with E-state index in [1.807, 2.05) is 32.9 Å². The van der Waals surface area contributed by atoms with Crippen LogP contribution in [0.5, 0.6) is 5.75 Å². The Balaban J connectivity index is 2.36. The standard InChI is InChI=1S/C25H35NO5/c1-8-9-13-25(4,26-24(28)19-11-10-12-20(29-5)16(19)2)23(27)18-14-21(30-6)17(3)22(15-18)31-7/h10-12,14,18H,8-9,13,15H2,1-7H3,(H,26,28). The average molecular weight is 430 g/mol. The molecule has 2 unspecified atom stereocenters. The lowest BCUT2D eigenvalue weighted by atomic mass is 9.79. The number of ketones is 1. The van der Waals surface area contributed by atoms with Crippen LogP contribution in [0.4, 0.5) is 0 Å². The zero-order valence-corrected chi connectivity index (χ0v) is 19.8. The number of ether oxygens (including phenoxy) is 3. The number of Topliss-reactive ketones (excluding diaryl/α,β-unsaturated/α-hetero) is 1. The summed E-state index contributed by atoms with van der Waals surface area (Å²) < 4.78 is 16.3. The SMILES string of the molecule is CCCCC(C)(NC(=O)c1cccc(OC)c1C)C(=O)C1C=C(OC)C(C)=C(OC)C1. The summed E-state index contributed by atoms with van der Waals surface area (Å²) in [5, 5.41) is 3.04. The number of hydrogen-bond acceptors (Lipinski definition) is 5. The summed E-state index contributed by atoms with van der Waals surface area (Å²) in [6.07, 6.45) is 4.58. The first-order valence-corrected chi connectivity index (χ1v) is 10.7. The van der Waals surface area contributed by atoms with Crippen LogP contribution in [0, 0.1) is 12.8 Å². The molecule has 31 heavy (non-hydrogen) atoms. The first-order chi connectivity index (χ1) is 14.7. The number of allylic oxidation sites excluding steroid dienone is 3. The monoisotopic (exact) mass is 429 g/mol. The molecule has 1 amide bonds. The minimum atomic E-state index is -1.02. The van der Waals surface area contributed by atoms with E-state index in [9.17, 15) is 9.59 Å². The van der Waals surface area contributed by atoms with Gasteiger partial charge in [-0.3, -0.25) is 9.59 Å². The Morgan fingerprint density at radius 3 is 2.42 bits per heavy atom. The largest absolute Gasteiger partial charge is 0.501 e. The second-order valence-corrected chi connectivity index (χ2v) is 8.18. The lowest BCUT2D eigenvalue weighted by molar-refractivity contribution is -0.127. The molecule has 1 aromatic rings. The molecule has 1 N–H and O–H groups in total. The second-order valence-electron chi connectivity index (χ2n) is 8.18. The number of methoxy groups -OCH3 is 3. The van der Waals surface area contributed by atoms with Crippen molar-refractivity contribution < 1.29 is 23.8 Å². The van der Waals surface area contributed by atoms with E-state index in [0.29, 0.717) is 29.9 Å². The van der Waals surface area contributed by atoms with E-state index in [4.69, 9.17) is 14.2 Å². The predicted octanol–water partition coefficient (Wildman–Crippen LogP) is 4.72. The van der Waals surface area contributed by atoms with Crippen LogP contribution < -0.4 is 10.1 Å². The van der Waals surface area contributed by atoms with Crippen molar-refractivity contribution in [3.05, 3.63) is 52.5 Å². The van der Waals surface area contributed by atoms with Crippen LogP contribution in [0.1, 0.15) is 62.4 Å². The van der Waals surface area contributed by atoms with Gasteiger partial charge in [0.05, 0.1) is 26.9 Å². The molecule has 0 radical (unpaired) electrons. The van der Waals surface area contributed by atoms with E-state index in [1.54, 1.807) is 33.5 Å². The molecule has 0 saturated carbocycles. The Bertz CT molecular complexity index is 886. The predicted molar refractivity (Wildman–Crippen MR) is 121 cm³/mol. The molecular weight excluding hydrogens is 394 g/mol. The molecule has 0 bridgehead atoms. The average Bonchev–Trinajstić information content (AvgIpc) is 2.77. The van der Waals surface area contributed by atoms with Crippen molar-refractivity contribution in [1.82, 2.24) is 5.32 Å². The van der Waals surface area contributed by atoms with Gasteiger partial charge < -0.3 is 19.5 Å². The van der Waals surface area contributed by atoms with Crippen molar-refractivity contribution in [2.45, 2.75) is 58.9 Å². The summed E-state index contributed by atoms with van der Waals surface area (Å²) in [7, 11) is 4.76. The summed E-state index contributed by atoms with van der Waals surface area (Å²) in [4.78, 5) is 26.9. The van der Waals surface area contributed by atoms with Gasteiger partial charge in [0.15, 0.2) is 5.78 Å².